The van der Waals surface area contributed by atoms with Crippen LogP contribution in [0.2, 0.25) is 5.02 Å². The van der Waals surface area contributed by atoms with E-state index in [0.717, 1.165) is 45.3 Å². The molecule has 162 valence electrons. The molecule has 0 aliphatic heterocycles. The Kier molecular flexibility index (Phi) is 5.80. The van der Waals surface area contributed by atoms with E-state index in [-0.39, 0.29) is 5.69 Å². The van der Waals surface area contributed by atoms with Gasteiger partial charge in [0.25, 0.3) is 0 Å². The third-order valence-electron chi connectivity index (χ3n) is 5.34. The van der Waals surface area contributed by atoms with Crippen molar-refractivity contribution in [3.05, 3.63) is 88.1 Å². The molecule has 0 atom stereocenters. The van der Waals surface area contributed by atoms with E-state index in [2.05, 4.69) is 15.6 Å². The largest absolute Gasteiger partial charge is 0.323 e. The van der Waals surface area contributed by atoms with E-state index < -0.39 is 17.7 Å². The summed E-state index contributed by atoms with van der Waals surface area (Å²) >= 11 is 6.52. The Morgan fingerprint density at radius 2 is 1.66 bits per heavy atom. The summed E-state index contributed by atoms with van der Waals surface area (Å²) < 4.78 is 27.2. The Hall–Kier alpha value is -3.51. The van der Waals surface area contributed by atoms with Gasteiger partial charge in [-0.05, 0) is 62.2 Å². The molecule has 4 nitrogen and oxygen atoms in total. The molecule has 3 aromatic carbocycles. The summed E-state index contributed by atoms with van der Waals surface area (Å²) in [4.78, 5) is 17.4. The van der Waals surface area contributed by atoms with Gasteiger partial charge in [-0.2, -0.15) is 0 Å². The lowest BCUT2D eigenvalue weighted by Crippen LogP contribution is -2.21. The zero-order valence-electron chi connectivity index (χ0n) is 17.7. The van der Waals surface area contributed by atoms with Gasteiger partial charge in [0, 0.05) is 27.6 Å². The molecule has 32 heavy (non-hydrogen) atoms. The quantitative estimate of drug-likeness (QED) is 0.341. The van der Waals surface area contributed by atoms with Gasteiger partial charge < -0.3 is 10.6 Å². The summed E-state index contributed by atoms with van der Waals surface area (Å²) in [5.41, 5.74) is 5.28. The number of halogens is 3. The molecule has 0 saturated heterocycles. The first kappa shape index (κ1) is 21.7. The number of rotatable bonds is 3. The molecule has 0 radical (unpaired) electrons. The van der Waals surface area contributed by atoms with Crippen molar-refractivity contribution in [2.45, 2.75) is 20.8 Å². The number of urea groups is 1. The molecule has 0 saturated carbocycles. The first-order valence-electron chi connectivity index (χ1n) is 9.94. The van der Waals surface area contributed by atoms with E-state index in [1.54, 1.807) is 13.0 Å². The number of carbonyl (C=O) groups is 1. The van der Waals surface area contributed by atoms with Crippen LogP contribution in [0.25, 0.3) is 22.0 Å². The number of hydrogen-bond acceptors (Lipinski definition) is 2. The van der Waals surface area contributed by atoms with Gasteiger partial charge in [-0.3, -0.25) is 4.98 Å². The number of nitrogens with zero attached hydrogens (tertiary/aromatic N) is 1. The highest BCUT2D eigenvalue weighted by Crippen LogP contribution is 2.40. The lowest BCUT2D eigenvalue weighted by atomic mass is 9.95. The maximum atomic E-state index is 14.0. The number of hydrogen-bond donors (Lipinski definition) is 2. The number of pyridine rings is 1. The predicted octanol–water partition coefficient (Wildman–Crippen LogP) is 7.40. The van der Waals surface area contributed by atoms with Crippen LogP contribution >= 0.6 is 11.6 Å². The van der Waals surface area contributed by atoms with Crippen molar-refractivity contribution in [3.63, 3.8) is 0 Å². The molecular formula is C25H20ClF2N3O. The first-order valence-corrected chi connectivity index (χ1v) is 10.3. The first-order chi connectivity index (χ1) is 15.2. The average molecular weight is 452 g/mol. The molecule has 4 aromatic rings. The van der Waals surface area contributed by atoms with Gasteiger partial charge in [-0.25, -0.2) is 13.6 Å². The van der Waals surface area contributed by atoms with Crippen LogP contribution in [0, 0.1) is 32.4 Å². The molecule has 0 spiro atoms. The minimum absolute atomic E-state index is 0.138. The standard InChI is InChI=1S/C25H20ClF2N3O/c1-13-10-18-22(11-14(13)2)29-15(3)24(23(18)17-6-4-5-7-19(17)26)31-25(32)30-21-9-8-16(27)12-20(21)28/h4-12H,1-3H3,(H2,30,31,32). The fourth-order valence-electron chi connectivity index (χ4n) is 3.60. The molecule has 7 heteroatoms. The minimum Gasteiger partial charge on any atom is -0.305 e. The Balaban J connectivity index is 1.85. The molecule has 0 aliphatic carbocycles. The van der Waals surface area contributed by atoms with Crippen LogP contribution < -0.4 is 10.6 Å². The van der Waals surface area contributed by atoms with Crippen LogP contribution in [-0.4, -0.2) is 11.0 Å². The third kappa shape index (κ3) is 4.14. The SMILES string of the molecule is Cc1cc2nc(C)c(NC(=O)Nc3ccc(F)cc3F)c(-c3ccccc3Cl)c2cc1C. The number of amides is 2. The molecule has 0 aliphatic rings. The monoisotopic (exact) mass is 451 g/mol. The lowest BCUT2D eigenvalue weighted by Gasteiger charge is -2.19. The fraction of sp³-hybridized carbons (Fsp3) is 0.120. The third-order valence-corrected chi connectivity index (χ3v) is 5.67. The Morgan fingerprint density at radius 1 is 0.938 bits per heavy atom. The number of fused-ring (bicyclic) bond motifs is 1. The number of nitrogens with one attached hydrogen (secondary N) is 2. The second kappa shape index (κ2) is 8.55. The molecule has 0 unspecified atom stereocenters. The van der Waals surface area contributed by atoms with E-state index in [1.807, 2.05) is 44.2 Å². The van der Waals surface area contributed by atoms with Crippen molar-refractivity contribution in [2.24, 2.45) is 0 Å². The Bertz CT molecular complexity index is 1370. The maximum Gasteiger partial charge on any atom is 0.323 e. The van der Waals surface area contributed by atoms with Gasteiger partial charge >= 0.3 is 6.03 Å². The van der Waals surface area contributed by atoms with E-state index in [9.17, 15) is 13.6 Å². The van der Waals surface area contributed by atoms with E-state index in [4.69, 9.17) is 11.6 Å². The average Bonchev–Trinajstić information content (AvgIpc) is 2.73. The number of anilines is 2. The smallest absolute Gasteiger partial charge is 0.305 e. The molecule has 0 bridgehead atoms. The number of carbonyl (C=O) groups excluding carboxylic acids is 1. The summed E-state index contributed by atoms with van der Waals surface area (Å²) in [5, 5.41) is 6.56. The van der Waals surface area contributed by atoms with E-state index >= 15 is 0 Å². The molecule has 4 rings (SSSR count). The van der Waals surface area contributed by atoms with Crippen molar-refractivity contribution in [1.29, 1.82) is 0 Å². The van der Waals surface area contributed by atoms with Crippen LogP contribution in [0.5, 0.6) is 0 Å². The van der Waals surface area contributed by atoms with Gasteiger partial charge in [-0.15, -0.1) is 0 Å². The van der Waals surface area contributed by atoms with Crippen molar-refractivity contribution in [2.75, 3.05) is 10.6 Å². The highest BCUT2D eigenvalue weighted by atomic mass is 35.5. The molecule has 1 heterocycles. The molecule has 1 aromatic heterocycles. The number of aromatic nitrogens is 1. The van der Waals surface area contributed by atoms with Crippen LogP contribution in [0.15, 0.2) is 54.6 Å². The molecular weight excluding hydrogens is 432 g/mol. The molecule has 0 fully saturated rings. The summed E-state index contributed by atoms with van der Waals surface area (Å²) in [6.45, 7) is 5.79. The zero-order valence-corrected chi connectivity index (χ0v) is 18.4. The van der Waals surface area contributed by atoms with Gasteiger partial charge in [0.15, 0.2) is 0 Å². The topological polar surface area (TPSA) is 54.0 Å². The summed E-state index contributed by atoms with van der Waals surface area (Å²) in [6.07, 6.45) is 0. The van der Waals surface area contributed by atoms with Crippen LogP contribution in [0.1, 0.15) is 16.8 Å². The van der Waals surface area contributed by atoms with Crippen LogP contribution in [0.4, 0.5) is 25.0 Å². The van der Waals surface area contributed by atoms with Crippen LogP contribution in [0.3, 0.4) is 0 Å². The van der Waals surface area contributed by atoms with Crippen molar-refractivity contribution in [1.82, 2.24) is 4.98 Å². The second-order valence-corrected chi connectivity index (χ2v) is 7.99. The fourth-order valence-corrected chi connectivity index (χ4v) is 3.83. The second-order valence-electron chi connectivity index (χ2n) is 7.58. The molecule has 2 N–H and O–H groups in total. The Labute approximate surface area is 189 Å². The van der Waals surface area contributed by atoms with Crippen molar-refractivity contribution >= 4 is 39.9 Å². The summed E-state index contributed by atoms with van der Waals surface area (Å²) in [6, 6.07) is 13.6. The van der Waals surface area contributed by atoms with Crippen molar-refractivity contribution in [3.8, 4) is 11.1 Å². The van der Waals surface area contributed by atoms with Gasteiger partial charge in [0.05, 0.1) is 22.6 Å². The lowest BCUT2D eigenvalue weighted by molar-refractivity contribution is 0.262. The summed E-state index contributed by atoms with van der Waals surface area (Å²) in [5.74, 6) is -1.60. The van der Waals surface area contributed by atoms with Crippen LogP contribution in [-0.2, 0) is 0 Å². The molecule has 2 amide bonds. The van der Waals surface area contributed by atoms with Gasteiger partial charge in [0.2, 0.25) is 0 Å². The Morgan fingerprint density at radius 3 is 2.38 bits per heavy atom. The van der Waals surface area contributed by atoms with Gasteiger partial charge in [0.1, 0.15) is 11.6 Å². The zero-order chi connectivity index (χ0) is 23.0. The maximum absolute atomic E-state index is 14.0. The normalized spacial score (nSPS) is 10.9. The highest BCUT2D eigenvalue weighted by Gasteiger charge is 2.20. The minimum atomic E-state index is -0.870. The van der Waals surface area contributed by atoms with E-state index in [0.29, 0.717) is 22.5 Å². The highest BCUT2D eigenvalue weighted by molar-refractivity contribution is 6.34. The van der Waals surface area contributed by atoms with Gasteiger partial charge in [-0.1, -0.05) is 29.8 Å². The number of aryl methyl sites for hydroxylation is 3. The van der Waals surface area contributed by atoms with Crippen molar-refractivity contribution < 1.29 is 13.6 Å². The summed E-state index contributed by atoms with van der Waals surface area (Å²) in [7, 11) is 0. The van der Waals surface area contributed by atoms with E-state index in [1.165, 1.54) is 0 Å². The number of benzene rings is 3. The predicted molar refractivity (Wildman–Crippen MR) is 125 cm³/mol.